The normalized spacial score (nSPS) is 12.8. The Labute approximate surface area is 154 Å². The Bertz CT molecular complexity index is 1050. The van der Waals surface area contributed by atoms with Crippen molar-refractivity contribution in [1.29, 1.82) is 0 Å². The standard InChI is InChI=1S/C20H15ClO5/c21-16-6-1-2-7-17(16)24-11-19(22)25-12-8-9-14-13-4-3-5-15(13)20(23)26-18(14)10-12/h1-2,6-10H,3-5,11H2. The Morgan fingerprint density at radius 3 is 2.77 bits per heavy atom. The van der Waals surface area contributed by atoms with Crippen LogP contribution in [0.3, 0.4) is 0 Å². The fourth-order valence-electron chi connectivity index (χ4n) is 3.19. The molecule has 0 atom stereocenters. The Balaban J connectivity index is 1.51. The van der Waals surface area contributed by atoms with E-state index >= 15 is 0 Å². The second-order valence-corrected chi connectivity index (χ2v) is 6.46. The third-order valence-electron chi connectivity index (χ3n) is 4.36. The van der Waals surface area contributed by atoms with Crippen LogP contribution in [-0.2, 0) is 17.6 Å². The maximum Gasteiger partial charge on any atom is 0.349 e. The van der Waals surface area contributed by atoms with E-state index in [0.717, 1.165) is 35.8 Å². The highest BCUT2D eigenvalue weighted by Gasteiger charge is 2.20. The van der Waals surface area contributed by atoms with E-state index in [1.165, 1.54) is 0 Å². The molecule has 0 fully saturated rings. The van der Waals surface area contributed by atoms with Gasteiger partial charge in [0.15, 0.2) is 6.61 Å². The average molecular weight is 371 g/mol. The maximum atomic E-state index is 12.0. The molecule has 6 heteroatoms. The van der Waals surface area contributed by atoms with Gasteiger partial charge in [-0.15, -0.1) is 0 Å². The number of ether oxygens (including phenoxy) is 2. The summed E-state index contributed by atoms with van der Waals surface area (Å²) in [6.07, 6.45) is 2.57. The van der Waals surface area contributed by atoms with Crippen LogP contribution in [0.2, 0.25) is 5.02 Å². The largest absolute Gasteiger partial charge is 0.480 e. The van der Waals surface area contributed by atoms with Gasteiger partial charge in [-0.3, -0.25) is 0 Å². The van der Waals surface area contributed by atoms with Gasteiger partial charge in [0.05, 0.1) is 5.02 Å². The minimum Gasteiger partial charge on any atom is -0.480 e. The molecule has 1 aliphatic carbocycles. The molecule has 0 saturated carbocycles. The number of para-hydroxylation sites is 1. The average Bonchev–Trinajstić information content (AvgIpc) is 3.11. The second kappa shape index (κ2) is 6.84. The minimum atomic E-state index is -0.576. The van der Waals surface area contributed by atoms with Crippen molar-refractivity contribution in [2.45, 2.75) is 19.3 Å². The van der Waals surface area contributed by atoms with Gasteiger partial charge in [0.2, 0.25) is 0 Å². The van der Waals surface area contributed by atoms with Crippen molar-refractivity contribution in [1.82, 2.24) is 0 Å². The van der Waals surface area contributed by atoms with E-state index < -0.39 is 5.97 Å². The third-order valence-corrected chi connectivity index (χ3v) is 4.67. The van der Waals surface area contributed by atoms with Crippen LogP contribution in [0, 0.1) is 0 Å². The van der Waals surface area contributed by atoms with E-state index in [1.54, 1.807) is 36.4 Å². The summed E-state index contributed by atoms with van der Waals surface area (Å²) in [4.78, 5) is 24.0. The van der Waals surface area contributed by atoms with Crippen LogP contribution in [0.1, 0.15) is 17.5 Å². The van der Waals surface area contributed by atoms with Crippen LogP contribution >= 0.6 is 11.6 Å². The molecule has 3 aromatic rings. The second-order valence-electron chi connectivity index (χ2n) is 6.05. The summed E-state index contributed by atoms with van der Waals surface area (Å²) in [7, 11) is 0. The number of rotatable bonds is 4. The van der Waals surface area contributed by atoms with Crippen molar-refractivity contribution in [2.75, 3.05) is 6.61 Å². The van der Waals surface area contributed by atoms with Crippen molar-refractivity contribution in [3.63, 3.8) is 0 Å². The zero-order valence-electron chi connectivity index (χ0n) is 13.8. The van der Waals surface area contributed by atoms with Gasteiger partial charge in [0.1, 0.15) is 17.1 Å². The summed E-state index contributed by atoms with van der Waals surface area (Å²) >= 11 is 5.98. The molecule has 0 aliphatic heterocycles. The summed E-state index contributed by atoms with van der Waals surface area (Å²) in [5.74, 6) is 0.130. The van der Waals surface area contributed by atoms with E-state index in [1.807, 2.05) is 6.07 Å². The highest BCUT2D eigenvalue weighted by Crippen LogP contribution is 2.29. The van der Waals surface area contributed by atoms with Crippen LogP contribution in [0.15, 0.2) is 51.7 Å². The lowest BCUT2D eigenvalue weighted by atomic mass is 10.1. The highest BCUT2D eigenvalue weighted by molar-refractivity contribution is 6.32. The maximum absolute atomic E-state index is 12.0. The van der Waals surface area contributed by atoms with E-state index in [-0.39, 0.29) is 12.2 Å². The van der Waals surface area contributed by atoms with Gasteiger partial charge < -0.3 is 13.9 Å². The van der Waals surface area contributed by atoms with Crippen LogP contribution in [0.4, 0.5) is 0 Å². The number of fused-ring (bicyclic) bond motifs is 3. The topological polar surface area (TPSA) is 65.7 Å². The van der Waals surface area contributed by atoms with E-state index in [9.17, 15) is 9.59 Å². The predicted octanol–water partition coefficient (Wildman–Crippen LogP) is 3.92. The van der Waals surface area contributed by atoms with Crippen LogP contribution in [0.25, 0.3) is 11.0 Å². The van der Waals surface area contributed by atoms with Crippen molar-refractivity contribution in [2.24, 2.45) is 0 Å². The number of carbonyl (C=O) groups is 1. The number of carbonyl (C=O) groups excluding carboxylic acids is 1. The van der Waals surface area contributed by atoms with Gasteiger partial charge in [-0.1, -0.05) is 23.7 Å². The lowest BCUT2D eigenvalue weighted by Gasteiger charge is -2.09. The Morgan fingerprint density at radius 2 is 1.92 bits per heavy atom. The van der Waals surface area contributed by atoms with Gasteiger partial charge in [0.25, 0.3) is 0 Å². The SMILES string of the molecule is O=C(COc1ccccc1Cl)Oc1ccc2c3c(c(=O)oc2c1)CCC3. The predicted molar refractivity (Wildman–Crippen MR) is 97.1 cm³/mol. The van der Waals surface area contributed by atoms with Crippen molar-refractivity contribution >= 4 is 28.5 Å². The molecule has 26 heavy (non-hydrogen) atoms. The zero-order chi connectivity index (χ0) is 18.1. The number of halogens is 1. The first-order valence-corrected chi connectivity index (χ1v) is 8.66. The quantitative estimate of drug-likeness (QED) is 0.395. The van der Waals surface area contributed by atoms with Gasteiger partial charge >= 0.3 is 11.6 Å². The molecule has 0 bridgehead atoms. The Hall–Kier alpha value is -2.79. The highest BCUT2D eigenvalue weighted by atomic mass is 35.5. The third kappa shape index (κ3) is 3.18. The molecule has 1 aliphatic rings. The first-order valence-electron chi connectivity index (χ1n) is 8.28. The fourth-order valence-corrected chi connectivity index (χ4v) is 3.38. The van der Waals surface area contributed by atoms with Crippen LogP contribution in [-0.4, -0.2) is 12.6 Å². The molecule has 4 rings (SSSR count). The monoisotopic (exact) mass is 370 g/mol. The van der Waals surface area contributed by atoms with Crippen LogP contribution < -0.4 is 15.1 Å². The summed E-state index contributed by atoms with van der Waals surface area (Å²) < 4.78 is 16.0. The molecular weight excluding hydrogens is 356 g/mol. The minimum absolute atomic E-state index is 0.282. The number of esters is 1. The summed E-state index contributed by atoms with van der Waals surface area (Å²) in [5, 5.41) is 1.31. The zero-order valence-corrected chi connectivity index (χ0v) is 14.5. The van der Waals surface area contributed by atoms with Gasteiger partial charge in [-0.2, -0.15) is 0 Å². The molecule has 5 nitrogen and oxygen atoms in total. The molecule has 0 radical (unpaired) electrons. The van der Waals surface area contributed by atoms with Crippen molar-refractivity contribution < 1.29 is 18.7 Å². The van der Waals surface area contributed by atoms with E-state index in [4.69, 9.17) is 25.5 Å². The Morgan fingerprint density at radius 1 is 1.12 bits per heavy atom. The van der Waals surface area contributed by atoms with Gasteiger partial charge in [-0.25, -0.2) is 9.59 Å². The fraction of sp³-hybridized carbons (Fsp3) is 0.200. The number of benzene rings is 2. The lowest BCUT2D eigenvalue weighted by molar-refractivity contribution is -0.136. The summed E-state index contributed by atoms with van der Waals surface area (Å²) in [5.41, 5.74) is 1.91. The van der Waals surface area contributed by atoms with Crippen molar-refractivity contribution in [3.05, 3.63) is 69.0 Å². The summed E-state index contributed by atoms with van der Waals surface area (Å²) in [6, 6.07) is 11.9. The first kappa shape index (κ1) is 16.7. The number of aryl methyl sites for hydroxylation is 1. The molecule has 0 saturated heterocycles. The lowest BCUT2D eigenvalue weighted by Crippen LogP contribution is -2.17. The van der Waals surface area contributed by atoms with E-state index in [0.29, 0.717) is 22.1 Å². The molecular formula is C20H15ClO5. The van der Waals surface area contributed by atoms with Crippen molar-refractivity contribution in [3.8, 4) is 11.5 Å². The molecule has 0 amide bonds. The molecule has 1 heterocycles. The number of hydrogen-bond acceptors (Lipinski definition) is 5. The van der Waals surface area contributed by atoms with Gasteiger partial charge in [-0.05, 0) is 49.1 Å². The van der Waals surface area contributed by atoms with E-state index in [2.05, 4.69) is 0 Å². The van der Waals surface area contributed by atoms with Crippen LogP contribution in [0.5, 0.6) is 11.5 Å². The first-order chi connectivity index (χ1) is 12.6. The summed E-state index contributed by atoms with van der Waals surface area (Å²) in [6.45, 7) is -0.282. The molecule has 1 aromatic heterocycles. The molecule has 0 N–H and O–H groups in total. The molecule has 2 aromatic carbocycles. The smallest absolute Gasteiger partial charge is 0.349 e. The Kier molecular flexibility index (Phi) is 4.39. The number of hydrogen-bond donors (Lipinski definition) is 0. The van der Waals surface area contributed by atoms with Gasteiger partial charge in [0, 0.05) is 17.0 Å². The molecule has 132 valence electrons. The molecule has 0 spiro atoms. The molecule has 0 unspecified atom stereocenters.